The Morgan fingerprint density at radius 2 is 2.03 bits per heavy atom. The summed E-state index contributed by atoms with van der Waals surface area (Å²) in [4.78, 5) is 11.8. The second kappa shape index (κ2) is 11.6. The number of rotatable bonds is 10. The Morgan fingerprint density at radius 1 is 1.31 bits per heavy atom. The topological polar surface area (TPSA) is 46.5 Å². The maximum absolute atomic E-state index is 11.8. The van der Waals surface area contributed by atoms with Gasteiger partial charge >= 0.3 is 5.97 Å². The van der Waals surface area contributed by atoms with Crippen LogP contribution in [-0.2, 0) is 16.0 Å². The van der Waals surface area contributed by atoms with Crippen molar-refractivity contribution in [1.82, 2.24) is 0 Å². The van der Waals surface area contributed by atoms with E-state index in [1.807, 2.05) is 0 Å². The molecule has 1 aromatic rings. The first kappa shape index (κ1) is 22.9. The first-order chi connectivity index (χ1) is 13.9. The maximum Gasteiger partial charge on any atom is 0.333 e. The van der Waals surface area contributed by atoms with Crippen LogP contribution in [0.3, 0.4) is 0 Å². The highest BCUT2D eigenvalue weighted by Crippen LogP contribution is 2.34. The van der Waals surface area contributed by atoms with Gasteiger partial charge in [0.25, 0.3) is 0 Å². The summed E-state index contributed by atoms with van der Waals surface area (Å²) in [6.07, 6.45) is 12.5. The molecule has 2 atom stereocenters. The Hall–Kier alpha value is -2.39. The standard InChI is InChI=1S/C26H34O3/c1-5-6-7-8-21-9-12-23(13-10-21)25-14-11-22(17-20(25)4)18-24(15-16-27)29-26(28)19(2)3/h5-6,9-14,20,24,27H,2,7-8,15-18H2,1,3-4H3/b6-5+. The monoisotopic (exact) mass is 394 g/mol. The van der Waals surface area contributed by atoms with Crippen molar-refractivity contribution in [2.75, 3.05) is 6.61 Å². The highest BCUT2D eigenvalue weighted by molar-refractivity contribution is 5.87. The quantitative estimate of drug-likeness (QED) is 0.310. The van der Waals surface area contributed by atoms with E-state index in [1.54, 1.807) is 6.92 Å². The molecule has 0 saturated carbocycles. The highest BCUT2D eigenvalue weighted by atomic mass is 16.5. The molecule has 3 nitrogen and oxygen atoms in total. The molecule has 0 amide bonds. The molecule has 0 spiro atoms. The van der Waals surface area contributed by atoms with Crippen LogP contribution < -0.4 is 0 Å². The molecule has 2 rings (SSSR count). The van der Waals surface area contributed by atoms with Crippen LogP contribution in [0.5, 0.6) is 0 Å². The largest absolute Gasteiger partial charge is 0.459 e. The van der Waals surface area contributed by atoms with Crippen molar-refractivity contribution >= 4 is 11.5 Å². The number of aliphatic hydroxyl groups is 1. The average Bonchev–Trinajstić information content (AvgIpc) is 2.69. The summed E-state index contributed by atoms with van der Waals surface area (Å²) >= 11 is 0. The molecule has 1 aliphatic rings. The third-order valence-corrected chi connectivity index (χ3v) is 5.28. The lowest BCUT2D eigenvalue weighted by atomic mass is 9.82. The Balaban J connectivity index is 2.06. The average molecular weight is 395 g/mol. The number of esters is 1. The number of aryl methyl sites for hydroxylation is 1. The van der Waals surface area contributed by atoms with E-state index >= 15 is 0 Å². The molecule has 1 aliphatic carbocycles. The second-order valence-corrected chi connectivity index (χ2v) is 7.88. The van der Waals surface area contributed by atoms with E-state index in [-0.39, 0.29) is 12.7 Å². The van der Waals surface area contributed by atoms with Gasteiger partial charge < -0.3 is 9.84 Å². The van der Waals surface area contributed by atoms with Crippen LogP contribution in [0.25, 0.3) is 5.57 Å². The summed E-state index contributed by atoms with van der Waals surface area (Å²) in [6.45, 7) is 9.56. The van der Waals surface area contributed by atoms with Crippen molar-refractivity contribution in [2.45, 2.75) is 59.0 Å². The normalized spacial score (nSPS) is 17.6. The minimum atomic E-state index is -0.390. The van der Waals surface area contributed by atoms with Crippen molar-refractivity contribution in [1.29, 1.82) is 0 Å². The van der Waals surface area contributed by atoms with E-state index in [2.05, 4.69) is 69.0 Å². The summed E-state index contributed by atoms with van der Waals surface area (Å²) in [5, 5.41) is 9.30. The molecular formula is C26H34O3. The third-order valence-electron chi connectivity index (χ3n) is 5.28. The van der Waals surface area contributed by atoms with E-state index in [9.17, 15) is 9.90 Å². The molecule has 1 aromatic carbocycles. The van der Waals surface area contributed by atoms with Crippen molar-refractivity contribution in [3.63, 3.8) is 0 Å². The maximum atomic E-state index is 11.8. The number of hydrogen-bond acceptors (Lipinski definition) is 3. The number of carbonyl (C=O) groups excluding carboxylic acids is 1. The third kappa shape index (κ3) is 7.17. The van der Waals surface area contributed by atoms with Crippen LogP contribution in [0.4, 0.5) is 0 Å². The molecule has 2 unspecified atom stereocenters. The molecule has 0 saturated heterocycles. The second-order valence-electron chi connectivity index (χ2n) is 7.88. The summed E-state index contributed by atoms with van der Waals surface area (Å²) in [6, 6.07) is 8.88. The first-order valence-corrected chi connectivity index (χ1v) is 10.5. The number of ether oxygens (including phenoxy) is 1. The van der Waals surface area contributed by atoms with E-state index in [4.69, 9.17) is 4.74 Å². The zero-order valence-corrected chi connectivity index (χ0v) is 18.0. The number of aliphatic hydroxyl groups excluding tert-OH is 1. The molecule has 3 heteroatoms. The molecule has 29 heavy (non-hydrogen) atoms. The molecule has 0 bridgehead atoms. The Kier molecular flexibility index (Phi) is 9.14. The van der Waals surface area contributed by atoms with Crippen LogP contribution in [0.2, 0.25) is 0 Å². The fourth-order valence-corrected chi connectivity index (χ4v) is 3.65. The fourth-order valence-electron chi connectivity index (χ4n) is 3.65. The van der Waals surface area contributed by atoms with E-state index < -0.39 is 5.97 Å². The van der Waals surface area contributed by atoms with Gasteiger partial charge in [-0.05, 0) is 55.7 Å². The van der Waals surface area contributed by atoms with Gasteiger partial charge in [-0.1, -0.05) is 67.6 Å². The number of allylic oxidation sites excluding steroid dienone is 5. The minimum Gasteiger partial charge on any atom is -0.459 e. The lowest BCUT2D eigenvalue weighted by molar-refractivity contribution is -0.144. The van der Waals surface area contributed by atoms with Crippen LogP contribution in [0, 0.1) is 5.92 Å². The lowest BCUT2D eigenvalue weighted by Gasteiger charge is -2.25. The van der Waals surface area contributed by atoms with Gasteiger partial charge in [0.1, 0.15) is 6.10 Å². The highest BCUT2D eigenvalue weighted by Gasteiger charge is 2.21. The minimum absolute atomic E-state index is 0.00153. The molecule has 1 N–H and O–H groups in total. The van der Waals surface area contributed by atoms with Gasteiger partial charge in [-0.25, -0.2) is 4.79 Å². The predicted molar refractivity (Wildman–Crippen MR) is 120 cm³/mol. The number of carbonyl (C=O) groups is 1. The van der Waals surface area contributed by atoms with E-state index in [1.165, 1.54) is 22.3 Å². The first-order valence-electron chi connectivity index (χ1n) is 10.5. The molecule has 156 valence electrons. The molecule has 0 radical (unpaired) electrons. The van der Waals surface area contributed by atoms with Gasteiger partial charge in [-0.3, -0.25) is 0 Å². The molecule has 0 fully saturated rings. The zero-order chi connectivity index (χ0) is 21.2. The van der Waals surface area contributed by atoms with E-state index in [0.29, 0.717) is 24.3 Å². The van der Waals surface area contributed by atoms with Crippen LogP contribution in [0.1, 0.15) is 57.6 Å². The van der Waals surface area contributed by atoms with E-state index in [0.717, 1.165) is 19.3 Å². The molecular weight excluding hydrogens is 360 g/mol. The summed E-state index contributed by atoms with van der Waals surface area (Å²) in [5.41, 5.74) is 5.60. The fraction of sp³-hybridized carbons (Fsp3) is 0.423. The smallest absolute Gasteiger partial charge is 0.333 e. The number of hydrogen-bond donors (Lipinski definition) is 1. The molecule has 0 heterocycles. The summed E-state index contributed by atoms with van der Waals surface area (Å²) < 4.78 is 5.49. The van der Waals surface area contributed by atoms with Crippen molar-refractivity contribution in [3.05, 3.63) is 77.4 Å². The predicted octanol–water partition coefficient (Wildman–Crippen LogP) is 5.81. The van der Waals surface area contributed by atoms with Crippen molar-refractivity contribution < 1.29 is 14.6 Å². The van der Waals surface area contributed by atoms with Gasteiger partial charge in [-0.15, -0.1) is 0 Å². The zero-order valence-electron chi connectivity index (χ0n) is 18.0. The van der Waals surface area contributed by atoms with Gasteiger partial charge in [0.2, 0.25) is 0 Å². The SMILES string of the molecule is C=C(C)C(=O)OC(CCO)CC1=CC=C(c2ccc(CC/C=C/C)cc2)C(C)C1. The molecule has 0 aliphatic heterocycles. The Bertz CT molecular complexity index is 781. The van der Waals surface area contributed by atoms with Gasteiger partial charge in [0, 0.05) is 25.0 Å². The van der Waals surface area contributed by atoms with Gasteiger partial charge in [0.15, 0.2) is 0 Å². The van der Waals surface area contributed by atoms with Crippen LogP contribution in [0.15, 0.2) is 66.3 Å². The molecule has 0 aromatic heterocycles. The van der Waals surface area contributed by atoms with Crippen LogP contribution in [-0.4, -0.2) is 23.8 Å². The lowest BCUT2D eigenvalue weighted by Crippen LogP contribution is -2.21. The van der Waals surface area contributed by atoms with Crippen molar-refractivity contribution in [3.8, 4) is 0 Å². The van der Waals surface area contributed by atoms with Crippen molar-refractivity contribution in [2.24, 2.45) is 5.92 Å². The number of benzene rings is 1. The summed E-state index contributed by atoms with van der Waals surface area (Å²) in [7, 11) is 0. The van der Waals surface area contributed by atoms with Gasteiger partial charge in [-0.2, -0.15) is 0 Å². The van der Waals surface area contributed by atoms with Crippen LogP contribution >= 0.6 is 0 Å². The summed E-state index contributed by atoms with van der Waals surface area (Å²) in [5.74, 6) is 0.00847. The Labute approximate surface area is 175 Å². The Morgan fingerprint density at radius 3 is 2.62 bits per heavy atom. The van der Waals surface area contributed by atoms with Gasteiger partial charge in [0.05, 0.1) is 0 Å².